The van der Waals surface area contributed by atoms with Crippen LogP contribution in [-0.2, 0) is 4.79 Å². The van der Waals surface area contributed by atoms with E-state index in [2.05, 4.69) is 11.9 Å². The lowest BCUT2D eigenvalue weighted by atomic mass is 10.00. The van der Waals surface area contributed by atoms with Crippen LogP contribution in [0.25, 0.3) is 0 Å². The molecule has 1 saturated heterocycles. The highest BCUT2D eigenvalue weighted by atomic mass is 16.2. The van der Waals surface area contributed by atoms with Gasteiger partial charge >= 0.3 is 0 Å². The number of piperidine rings is 1. The molecule has 22 heavy (non-hydrogen) atoms. The summed E-state index contributed by atoms with van der Waals surface area (Å²) >= 11 is 0. The summed E-state index contributed by atoms with van der Waals surface area (Å²) in [4.78, 5) is 16.6. The molecule has 1 heterocycles. The molecule has 1 aromatic rings. The molecule has 4 heteroatoms. The van der Waals surface area contributed by atoms with Crippen molar-refractivity contribution in [2.75, 3.05) is 27.2 Å². The van der Waals surface area contributed by atoms with Crippen LogP contribution in [0.3, 0.4) is 0 Å². The van der Waals surface area contributed by atoms with Gasteiger partial charge in [-0.2, -0.15) is 0 Å². The van der Waals surface area contributed by atoms with Gasteiger partial charge in [-0.3, -0.25) is 4.79 Å². The lowest BCUT2D eigenvalue weighted by Crippen LogP contribution is -2.39. The van der Waals surface area contributed by atoms with Crippen molar-refractivity contribution in [3.63, 3.8) is 0 Å². The minimum absolute atomic E-state index is 0.134. The van der Waals surface area contributed by atoms with Gasteiger partial charge in [0.2, 0.25) is 5.91 Å². The predicted octanol–water partition coefficient (Wildman–Crippen LogP) is 2.41. The highest BCUT2D eigenvalue weighted by molar-refractivity contribution is 5.76. The fourth-order valence-electron chi connectivity index (χ4n) is 3.14. The quantitative estimate of drug-likeness (QED) is 0.878. The van der Waals surface area contributed by atoms with E-state index in [9.17, 15) is 4.79 Å². The summed E-state index contributed by atoms with van der Waals surface area (Å²) in [6.45, 7) is 2.00. The van der Waals surface area contributed by atoms with E-state index in [-0.39, 0.29) is 11.9 Å². The van der Waals surface area contributed by atoms with Crippen molar-refractivity contribution in [2.24, 2.45) is 5.73 Å². The van der Waals surface area contributed by atoms with Crippen molar-refractivity contribution in [3.8, 4) is 0 Å². The molecule has 2 rings (SSSR count). The molecule has 0 aromatic heterocycles. The van der Waals surface area contributed by atoms with Gasteiger partial charge in [-0.1, -0.05) is 36.8 Å². The van der Waals surface area contributed by atoms with Crippen LogP contribution in [0.2, 0.25) is 0 Å². The number of nitrogens with two attached hydrogens (primary N) is 1. The summed E-state index contributed by atoms with van der Waals surface area (Å²) in [6.07, 6.45) is 5.29. The van der Waals surface area contributed by atoms with Crippen molar-refractivity contribution >= 4 is 5.91 Å². The van der Waals surface area contributed by atoms with Crippen LogP contribution in [0.5, 0.6) is 0 Å². The molecule has 2 atom stereocenters. The van der Waals surface area contributed by atoms with Crippen LogP contribution < -0.4 is 5.73 Å². The molecule has 0 bridgehead atoms. The van der Waals surface area contributed by atoms with Crippen LogP contribution in [0.15, 0.2) is 30.3 Å². The van der Waals surface area contributed by atoms with Crippen molar-refractivity contribution in [1.82, 2.24) is 9.80 Å². The summed E-state index contributed by atoms with van der Waals surface area (Å²) in [5.74, 6) is 0.134. The Kier molecular flexibility index (Phi) is 6.40. The van der Waals surface area contributed by atoms with E-state index < -0.39 is 0 Å². The number of amides is 1. The van der Waals surface area contributed by atoms with Crippen molar-refractivity contribution in [3.05, 3.63) is 35.9 Å². The topological polar surface area (TPSA) is 49.6 Å². The molecule has 2 N–H and O–H groups in total. The molecule has 2 unspecified atom stereocenters. The van der Waals surface area contributed by atoms with Gasteiger partial charge in [0.05, 0.1) is 0 Å². The molecule has 4 nitrogen and oxygen atoms in total. The largest absolute Gasteiger partial charge is 0.346 e. The number of nitrogens with zero attached hydrogens (tertiary/aromatic N) is 2. The fourth-order valence-corrected chi connectivity index (χ4v) is 3.14. The Morgan fingerprint density at radius 3 is 2.77 bits per heavy atom. The first-order valence-electron chi connectivity index (χ1n) is 8.32. The maximum absolute atomic E-state index is 12.3. The normalized spacial score (nSPS) is 20.6. The van der Waals surface area contributed by atoms with E-state index in [0.717, 1.165) is 18.5 Å². The van der Waals surface area contributed by atoms with Crippen LogP contribution >= 0.6 is 0 Å². The SMILES string of the molecule is CN(CCC1CCCCN1C)C(=O)CC(N)c1ccccc1. The van der Waals surface area contributed by atoms with Crippen LogP contribution in [0, 0.1) is 0 Å². The van der Waals surface area contributed by atoms with Crippen LogP contribution in [-0.4, -0.2) is 48.9 Å². The molecule has 1 aliphatic heterocycles. The number of carbonyl (C=O) groups excluding carboxylic acids is 1. The first-order valence-corrected chi connectivity index (χ1v) is 8.32. The first-order chi connectivity index (χ1) is 10.6. The van der Waals surface area contributed by atoms with Gasteiger partial charge in [0.1, 0.15) is 0 Å². The summed E-state index contributed by atoms with van der Waals surface area (Å²) in [6, 6.07) is 10.2. The second kappa shape index (κ2) is 8.30. The lowest BCUT2D eigenvalue weighted by Gasteiger charge is -2.33. The summed E-state index contributed by atoms with van der Waals surface area (Å²) in [5.41, 5.74) is 7.16. The molecule has 0 radical (unpaired) electrons. The van der Waals surface area contributed by atoms with Gasteiger partial charge in [0, 0.05) is 32.1 Å². The Balaban J connectivity index is 1.77. The molecule has 1 fully saturated rings. The van der Waals surface area contributed by atoms with Gasteiger partial charge in [0.15, 0.2) is 0 Å². The summed E-state index contributed by atoms with van der Waals surface area (Å²) in [5, 5.41) is 0. The highest BCUT2D eigenvalue weighted by Crippen LogP contribution is 2.19. The van der Waals surface area contributed by atoms with Crippen molar-refractivity contribution < 1.29 is 4.79 Å². The van der Waals surface area contributed by atoms with E-state index in [1.165, 1.54) is 25.8 Å². The Labute approximate surface area is 134 Å². The van der Waals surface area contributed by atoms with Gasteiger partial charge in [-0.15, -0.1) is 0 Å². The standard InChI is InChI=1S/C18H29N3O/c1-20-12-7-6-10-16(20)11-13-21(2)18(22)14-17(19)15-8-4-3-5-9-15/h3-5,8-9,16-17H,6-7,10-14,19H2,1-2H3. The van der Waals surface area contributed by atoms with E-state index in [1.54, 1.807) is 0 Å². The first kappa shape index (κ1) is 17.0. The van der Waals surface area contributed by atoms with E-state index in [0.29, 0.717) is 12.5 Å². The molecule has 0 aliphatic carbocycles. The number of rotatable bonds is 6. The minimum atomic E-state index is -0.214. The molecule has 122 valence electrons. The average Bonchev–Trinajstić information content (AvgIpc) is 2.54. The Hall–Kier alpha value is -1.39. The molecule has 0 spiro atoms. The molecule has 0 saturated carbocycles. The van der Waals surface area contributed by atoms with Gasteiger partial charge in [0.25, 0.3) is 0 Å². The third-order valence-corrected chi connectivity index (χ3v) is 4.77. The predicted molar refractivity (Wildman–Crippen MR) is 90.5 cm³/mol. The number of carbonyl (C=O) groups is 1. The zero-order valence-electron chi connectivity index (χ0n) is 13.9. The summed E-state index contributed by atoms with van der Waals surface area (Å²) < 4.78 is 0. The molecular weight excluding hydrogens is 274 g/mol. The maximum Gasteiger partial charge on any atom is 0.224 e. The molecule has 1 amide bonds. The number of likely N-dealkylation sites (tertiary alicyclic amines) is 1. The fraction of sp³-hybridized carbons (Fsp3) is 0.611. The minimum Gasteiger partial charge on any atom is -0.346 e. The number of benzene rings is 1. The Morgan fingerprint density at radius 1 is 1.36 bits per heavy atom. The van der Waals surface area contributed by atoms with Crippen molar-refractivity contribution in [1.29, 1.82) is 0 Å². The van der Waals surface area contributed by atoms with E-state index in [1.807, 2.05) is 42.3 Å². The maximum atomic E-state index is 12.3. The van der Waals surface area contributed by atoms with E-state index in [4.69, 9.17) is 5.73 Å². The zero-order chi connectivity index (χ0) is 15.9. The smallest absolute Gasteiger partial charge is 0.224 e. The highest BCUT2D eigenvalue weighted by Gasteiger charge is 2.21. The number of hydrogen-bond donors (Lipinski definition) is 1. The van der Waals surface area contributed by atoms with Crippen LogP contribution in [0.4, 0.5) is 0 Å². The lowest BCUT2D eigenvalue weighted by molar-refractivity contribution is -0.130. The Bertz CT molecular complexity index is 463. The molecule has 1 aromatic carbocycles. The van der Waals surface area contributed by atoms with Gasteiger partial charge in [-0.05, 0) is 38.4 Å². The molecule has 1 aliphatic rings. The second-order valence-electron chi connectivity index (χ2n) is 6.46. The average molecular weight is 303 g/mol. The summed E-state index contributed by atoms with van der Waals surface area (Å²) in [7, 11) is 4.08. The monoisotopic (exact) mass is 303 g/mol. The van der Waals surface area contributed by atoms with Gasteiger partial charge in [-0.25, -0.2) is 0 Å². The third-order valence-electron chi connectivity index (χ3n) is 4.77. The number of hydrogen-bond acceptors (Lipinski definition) is 3. The molecular formula is C18H29N3O. The second-order valence-corrected chi connectivity index (χ2v) is 6.46. The van der Waals surface area contributed by atoms with Crippen LogP contribution in [0.1, 0.15) is 43.7 Å². The van der Waals surface area contributed by atoms with Gasteiger partial charge < -0.3 is 15.5 Å². The van der Waals surface area contributed by atoms with E-state index >= 15 is 0 Å². The third kappa shape index (κ3) is 4.82. The Morgan fingerprint density at radius 2 is 2.09 bits per heavy atom. The zero-order valence-corrected chi connectivity index (χ0v) is 13.9. The van der Waals surface area contributed by atoms with Crippen molar-refractivity contribution in [2.45, 2.75) is 44.2 Å².